The van der Waals surface area contributed by atoms with E-state index >= 15 is 0 Å². The molecule has 0 unspecified atom stereocenters. The minimum absolute atomic E-state index is 0.00586. The number of fused-ring (bicyclic) bond motifs is 1. The summed E-state index contributed by atoms with van der Waals surface area (Å²) in [5, 5.41) is 25.1. The lowest BCUT2D eigenvalue weighted by molar-refractivity contribution is -0.384. The first-order valence-electron chi connectivity index (χ1n) is 10.5. The summed E-state index contributed by atoms with van der Waals surface area (Å²) in [5.41, 5.74) is 1.44. The van der Waals surface area contributed by atoms with Gasteiger partial charge in [0.05, 0.1) is 15.6 Å². The molecule has 0 aliphatic carbocycles. The highest BCUT2D eigenvalue weighted by molar-refractivity contribution is 6.34. The smallest absolute Gasteiger partial charge is 0.271 e. The van der Waals surface area contributed by atoms with Crippen molar-refractivity contribution < 1.29 is 14.5 Å². The van der Waals surface area contributed by atoms with E-state index in [-0.39, 0.29) is 22.0 Å². The molecule has 0 aliphatic heterocycles. The maximum absolute atomic E-state index is 12.6. The van der Waals surface area contributed by atoms with E-state index in [0.717, 1.165) is 22.4 Å². The number of carbonyl (C=O) groups is 1. The van der Waals surface area contributed by atoms with Gasteiger partial charge in [-0.1, -0.05) is 66.2 Å². The predicted molar refractivity (Wildman–Crippen MR) is 135 cm³/mol. The van der Waals surface area contributed by atoms with Gasteiger partial charge in [-0.3, -0.25) is 14.9 Å². The first-order valence-corrected chi connectivity index (χ1v) is 10.9. The SMILES string of the molecule is N#CC(=Cc1cccc(OCc2cccc3ccccc23)c1)C(=O)Nc1ccc([N+](=O)[O-])cc1Cl. The second kappa shape index (κ2) is 10.5. The summed E-state index contributed by atoms with van der Waals surface area (Å²) in [6.07, 6.45) is 1.43. The van der Waals surface area contributed by atoms with Crippen LogP contribution in [0.3, 0.4) is 0 Å². The number of non-ortho nitro benzene ring substituents is 1. The molecule has 172 valence electrons. The molecule has 0 spiro atoms. The van der Waals surface area contributed by atoms with Gasteiger partial charge in [0.1, 0.15) is 24.0 Å². The second-order valence-electron chi connectivity index (χ2n) is 7.54. The molecule has 0 aromatic heterocycles. The highest BCUT2D eigenvalue weighted by Crippen LogP contribution is 2.27. The number of halogens is 1. The maximum atomic E-state index is 12.6. The third-order valence-electron chi connectivity index (χ3n) is 5.22. The van der Waals surface area contributed by atoms with Crippen molar-refractivity contribution in [1.29, 1.82) is 5.26 Å². The van der Waals surface area contributed by atoms with Gasteiger partial charge in [0.15, 0.2) is 0 Å². The molecule has 1 N–H and O–H groups in total. The van der Waals surface area contributed by atoms with Crippen molar-refractivity contribution >= 4 is 45.7 Å². The zero-order chi connectivity index (χ0) is 24.8. The van der Waals surface area contributed by atoms with Crippen molar-refractivity contribution in [2.75, 3.05) is 5.32 Å². The van der Waals surface area contributed by atoms with Gasteiger partial charge in [0.25, 0.3) is 11.6 Å². The van der Waals surface area contributed by atoms with Crippen LogP contribution in [-0.2, 0) is 11.4 Å². The molecular weight excluding hydrogens is 466 g/mol. The molecule has 35 heavy (non-hydrogen) atoms. The fourth-order valence-electron chi connectivity index (χ4n) is 3.50. The molecule has 4 aromatic rings. The van der Waals surface area contributed by atoms with Gasteiger partial charge in [-0.05, 0) is 46.2 Å². The van der Waals surface area contributed by atoms with Crippen LogP contribution in [-0.4, -0.2) is 10.8 Å². The Balaban J connectivity index is 1.49. The summed E-state index contributed by atoms with van der Waals surface area (Å²) in [4.78, 5) is 22.9. The van der Waals surface area contributed by atoms with Crippen LogP contribution < -0.4 is 10.1 Å². The number of ether oxygens (including phenoxy) is 1. The average molecular weight is 484 g/mol. The molecule has 0 bridgehead atoms. The van der Waals surface area contributed by atoms with Crippen molar-refractivity contribution in [1.82, 2.24) is 0 Å². The first-order chi connectivity index (χ1) is 16.9. The fourth-order valence-corrected chi connectivity index (χ4v) is 3.72. The molecule has 7 nitrogen and oxygen atoms in total. The van der Waals surface area contributed by atoms with E-state index in [1.165, 1.54) is 18.2 Å². The molecule has 0 saturated carbocycles. The number of amides is 1. The van der Waals surface area contributed by atoms with E-state index in [1.807, 2.05) is 48.5 Å². The van der Waals surface area contributed by atoms with Gasteiger partial charge >= 0.3 is 0 Å². The van der Waals surface area contributed by atoms with Gasteiger partial charge in [-0.25, -0.2) is 0 Å². The van der Waals surface area contributed by atoms with Crippen LogP contribution in [0.5, 0.6) is 5.75 Å². The molecule has 0 atom stereocenters. The molecular formula is C27H18ClN3O4. The highest BCUT2D eigenvalue weighted by Gasteiger charge is 2.14. The first kappa shape index (κ1) is 23.5. The zero-order valence-electron chi connectivity index (χ0n) is 18.3. The van der Waals surface area contributed by atoms with Gasteiger partial charge in [-0.2, -0.15) is 5.26 Å². The summed E-state index contributed by atoms with van der Waals surface area (Å²) < 4.78 is 5.97. The van der Waals surface area contributed by atoms with Crippen LogP contribution in [0.4, 0.5) is 11.4 Å². The second-order valence-corrected chi connectivity index (χ2v) is 7.95. The fraction of sp³-hybridized carbons (Fsp3) is 0.0370. The highest BCUT2D eigenvalue weighted by atomic mass is 35.5. The Morgan fingerprint density at radius 2 is 1.83 bits per heavy atom. The summed E-state index contributed by atoms with van der Waals surface area (Å²) in [6, 6.07) is 26.7. The molecule has 0 fully saturated rings. The van der Waals surface area contributed by atoms with Crippen LogP contribution in [0, 0.1) is 21.4 Å². The Bertz CT molecular complexity index is 1500. The van der Waals surface area contributed by atoms with Gasteiger partial charge < -0.3 is 10.1 Å². The number of nitrogens with zero attached hydrogens (tertiary/aromatic N) is 2. The van der Waals surface area contributed by atoms with Crippen molar-refractivity contribution in [2.24, 2.45) is 0 Å². The number of nitro groups is 1. The Kier molecular flexibility index (Phi) is 7.05. The minimum Gasteiger partial charge on any atom is -0.489 e. The van der Waals surface area contributed by atoms with Crippen LogP contribution in [0.2, 0.25) is 5.02 Å². The third kappa shape index (κ3) is 5.64. The Labute approximate surface area is 206 Å². The molecule has 0 aliphatic rings. The van der Waals surface area contributed by atoms with Crippen molar-refractivity contribution in [3.05, 3.63) is 117 Å². The minimum atomic E-state index is -0.690. The molecule has 4 rings (SSSR count). The Hall–Kier alpha value is -4.67. The maximum Gasteiger partial charge on any atom is 0.271 e. The lowest BCUT2D eigenvalue weighted by Crippen LogP contribution is -2.13. The molecule has 1 amide bonds. The molecule has 4 aromatic carbocycles. The van der Waals surface area contributed by atoms with Crippen LogP contribution in [0.15, 0.2) is 90.5 Å². The molecule has 0 radical (unpaired) electrons. The quantitative estimate of drug-likeness (QED) is 0.139. The lowest BCUT2D eigenvalue weighted by Gasteiger charge is -2.10. The number of hydrogen-bond donors (Lipinski definition) is 1. The van der Waals surface area contributed by atoms with Crippen molar-refractivity contribution in [3.8, 4) is 11.8 Å². The number of benzene rings is 4. The Morgan fingerprint density at radius 1 is 1.06 bits per heavy atom. The summed E-state index contributed by atoms with van der Waals surface area (Å²) in [7, 11) is 0. The number of rotatable bonds is 7. The number of nitriles is 1. The summed E-state index contributed by atoms with van der Waals surface area (Å²) in [5.74, 6) is -0.104. The average Bonchev–Trinajstić information content (AvgIpc) is 2.87. The third-order valence-corrected chi connectivity index (χ3v) is 5.53. The van der Waals surface area contributed by atoms with E-state index in [0.29, 0.717) is 17.9 Å². The van der Waals surface area contributed by atoms with Crippen molar-refractivity contribution in [2.45, 2.75) is 6.61 Å². The Morgan fingerprint density at radius 3 is 2.60 bits per heavy atom. The van der Waals surface area contributed by atoms with E-state index in [4.69, 9.17) is 16.3 Å². The standard InChI is InChI=1S/C27H18ClN3O4/c28-25-15-22(31(33)34)11-12-26(25)30-27(32)21(16-29)13-18-5-3-9-23(14-18)35-17-20-8-4-7-19-6-1-2-10-24(19)20/h1-15H,17H2,(H,30,32). The van der Waals surface area contributed by atoms with Gasteiger partial charge in [-0.15, -0.1) is 0 Å². The van der Waals surface area contributed by atoms with Gasteiger partial charge in [0.2, 0.25) is 0 Å². The molecule has 0 saturated heterocycles. The van der Waals surface area contributed by atoms with Crippen LogP contribution in [0.25, 0.3) is 16.8 Å². The van der Waals surface area contributed by atoms with Crippen LogP contribution in [0.1, 0.15) is 11.1 Å². The van der Waals surface area contributed by atoms with E-state index in [1.54, 1.807) is 24.3 Å². The van der Waals surface area contributed by atoms with E-state index in [2.05, 4.69) is 5.32 Å². The number of anilines is 1. The predicted octanol–water partition coefficient (Wildman–Crippen LogP) is 6.53. The lowest BCUT2D eigenvalue weighted by atomic mass is 10.1. The number of nitro benzene ring substituents is 1. The van der Waals surface area contributed by atoms with Crippen LogP contribution >= 0.6 is 11.6 Å². The monoisotopic (exact) mass is 483 g/mol. The molecule has 8 heteroatoms. The number of carbonyl (C=O) groups excluding carboxylic acids is 1. The van der Waals surface area contributed by atoms with E-state index in [9.17, 15) is 20.2 Å². The summed E-state index contributed by atoms with van der Waals surface area (Å²) in [6.45, 7) is 0.360. The van der Waals surface area contributed by atoms with Gasteiger partial charge in [0, 0.05) is 12.1 Å². The van der Waals surface area contributed by atoms with E-state index < -0.39 is 10.8 Å². The zero-order valence-corrected chi connectivity index (χ0v) is 19.0. The summed E-state index contributed by atoms with van der Waals surface area (Å²) >= 11 is 6.03. The largest absolute Gasteiger partial charge is 0.489 e. The number of hydrogen-bond acceptors (Lipinski definition) is 5. The number of nitrogens with one attached hydrogen (secondary N) is 1. The van der Waals surface area contributed by atoms with Crippen molar-refractivity contribution in [3.63, 3.8) is 0 Å². The molecule has 0 heterocycles. The topological polar surface area (TPSA) is 105 Å². The normalized spacial score (nSPS) is 11.0.